The van der Waals surface area contributed by atoms with Crippen molar-refractivity contribution in [3.05, 3.63) is 264 Å². The third-order valence-electron chi connectivity index (χ3n) is 18.7. The van der Waals surface area contributed by atoms with Crippen molar-refractivity contribution in [2.24, 2.45) is 17.0 Å². The Morgan fingerprint density at radius 2 is 0.973 bits per heavy atom. The molecule has 13 heterocycles. The minimum Gasteiger partial charge on any atom is -0.428 e. The average Bonchev–Trinajstić information content (AvgIpc) is 0.967. The first kappa shape index (κ1) is 99.6. The van der Waals surface area contributed by atoms with Gasteiger partial charge in [0.25, 0.3) is 6.39 Å². The summed E-state index contributed by atoms with van der Waals surface area (Å²) in [5.74, 6) is 2.89. The minimum absolute atomic E-state index is 0.606. The number of aliphatic imine (C=N–C) groups is 2. The number of hydrogen-bond acceptors (Lipinski definition) is 22. The molecule has 0 atom stereocenters. The number of hydrogen-bond donors (Lipinski definition) is 2. The Kier molecular flexibility index (Phi) is 46.2. The van der Waals surface area contributed by atoms with Gasteiger partial charge in [0.15, 0.2) is 7.05 Å². The number of nitrogens with one attached hydrogen (secondary N) is 2. The highest BCUT2D eigenvalue weighted by atomic mass is 32.1. The number of aromatic nitrogens is 18. The van der Waals surface area contributed by atoms with Crippen LogP contribution in [-0.2, 0) is 7.05 Å². The molecular weight excluding hydrogens is 1440 g/mol. The van der Waals surface area contributed by atoms with Gasteiger partial charge < -0.3 is 18.2 Å². The van der Waals surface area contributed by atoms with Crippen molar-refractivity contribution in [3.8, 4) is 0 Å². The Bertz CT molecular complexity index is 4470. The maximum atomic E-state index is 4.82. The van der Waals surface area contributed by atoms with Gasteiger partial charge in [-0.1, -0.05) is 16.8 Å². The molecule has 14 rings (SSSR count). The van der Waals surface area contributed by atoms with Gasteiger partial charge in [0, 0.05) is 104 Å². The first-order chi connectivity index (χ1) is 52.4. The quantitative estimate of drug-likeness (QED) is 0.133. The number of thiophene rings is 1. The van der Waals surface area contributed by atoms with E-state index in [9.17, 15) is 0 Å². The lowest BCUT2D eigenvalue weighted by Crippen LogP contribution is -2.32. The van der Waals surface area contributed by atoms with Crippen LogP contribution in [0.3, 0.4) is 0 Å². The maximum absolute atomic E-state index is 4.82. The van der Waals surface area contributed by atoms with Gasteiger partial charge in [-0.15, -0.1) is 53.3 Å². The molecule has 12 aromatic rings. The minimum atomic E-state index is 0.606. The summed E-state index contributed by atoms with van der Waals surface area (Å²) >= 11 is 3.42. The summed E-state index contributed by atoms with van der Waals surface area (Å²) in [6.45, 7) is 75.0. The average molecular weight is 1570 g/mol. The fourth-order valence-electron chi connectivity index (χ4n) is 9.26. The molecular formula is C87H129N20O3S2+. The smallest absolute Gasteiger partial charge is 0.370 e. The summed E-state index contributed by atoms with van der Waals surface area (Å²) in [5.41, 5.74) is 38.6. The van der Waals surface area contributed by atoms with Gasteiger partial charge in [-0.3, -0.25) is 30.0 Å². The van der Waals surface area contributed by atoms with Crippen molar-refractivity contribution >= 4 is 34.1 Å². The topological polar surface area (TPSA) is 293 Å². The molecule has 0 fully saturated rings. The van der Waals surface area contributed by atoms with Crippen LogP contribution >= 0.6 is 22.7 Å². The van der Waals surface area contributed by atoms with Gasteiger partial charge >= 0.3 is 5.89 Å². The molecule has 0 saturated carbocycles. The molecule has 0 radical (unpaired) electrons. The van der Waals surface area contributed by atoms with Gasteiger partial charge in [0.05, 0.1) is 25.5 Å². The van der Waals surface area contributed by atoms with Crippen LogP contribution in [0, 0.1) is 208 Å². The number of imidazole rings is 1. The summed E-state index contributed by atoms with van der Waals surface area (Å²) in [6, 6.07) is 8.78. The first-order valence-electron chi connectivity index (χ1n) is 37.1. The molecule has 2 aliphatic heterocycles. The molecule has 112 heavy (non-hydrogen) atoms. The van der Waals surface area contributed by atoms with E-state index in [-0.39, 0.29) is 0 Å². The van der Waals surface area contributed by atoms with E-state index in [0.29, 0.717) is 11.8 Å². The van der Waals surface area contributed by atoms with Crippen LogP contribution in [0.1, 0.15) is 215 Å². The Hall–Kier alpha value is -10.4. The van der Waals surface area contributed by atoms with Crippen LogP contribution in [0.15, 0.2) is 120 Å². The second-order valence-electron chi connectivity index (χ2n) is 27.6. The van der Waals surface area contributed by atoms with Gasteiger partial charge in [0.2, 0.25) is 24.6 Å². The molecule has 25 heteroatoms. The summed E-state index contributed by atoms with van der Waals surface area (Å²) in [4.78, 5) is 43.0. The highest BCUT2D eigenvalue weighted by Gasteiger charge is 2.08. The van der Waals surface area contributed by atoms with Crippen LogP contribution in [0.5, 0.6) is 0 Å². The van der Waals surface area contributed by atoms with Crippen LogP contribution in [0.2, 0.25) is 0 Å². The summed E-state index contributed by atoms with van der Waals surface area (Å²) in [5, 5.41) is 32.1. The molecule has 2 aliphatic rings. The monoisotopic (exact) mass is 1570 g/mol. The number of H-pyrrole nitrogens is 2. The Morgan fingerprint density at radius 3 is 1.22 bits per heavy atom. The van der Waals surface area contributed by atoms with Crippen LogP contribution < -0.4 is 4.68 Å². The van der Waals surface area contributed by atoms with E-state index >= 15 is 0 Å². The van der Waals surface area contributed by atoms with E-state index in [1.54, 1.807) is 48.0 Å². The third kappa shape index (κ3) is 39.0. The highest BCUT2D eigenvalue weighted by Crippen LogP contribution is 2.22. The molecule has 2 N–H and O–H groups in total. The summed E-state index contributed by atoms with van der Waals surface area (Å²) in [7, 11) is 1.83. The maximum Gasteiger partial charge on any atom is 0.370 e. The molecule has 1 aromatic carbocycles. The van der Waals surface area contributed by atoms with Gasteiger partial charge in [0.1, 0.15) is 29.0 Å². The molecule has 0 aliphatic carbocycles. The third-order valence-corrected chi connectivity index (χ3v) is 20.4. The highest BCUT2D eigenvalue weighted by molar-refractivity contribution is 7.12. The first-order valence-corrected chi connectivity index (χ1v) is 38.8. The molecule has 0 bridgehead atoms. The van der Waals surface area contributed by atoms with Crippen molar-refractivity contribution in [3.63, 3.8) is 0 Å². The van der Waals surface area contributed by atoms with E-state index in [0.717, 1.165) is 80.9 Å². The van der Waals surface area contributed by atoms with Crippen LogP contribution in [0.25, 0.3) is 0 Å². The van der Waals surface area contributed by atoms with Gasteiger partial charge in [-0.25, -0.2) is 19.9 Å². The van der Waals surface area contributed by atoms with Gasteiger partial charge in [-0.2, -0.15) is 5.10 Å². The van der Waals surface area contributed by atoms with E-state index < -0.39 is 0 Å². The molecule has 0 spiro atoms. The van der Waals surface area contributed by atoms with Crippen molar-refractivity contribution in [2.45, 2.75) is 256 Å². The number of aryl methyl sites for hydroxylation is 24. The second-order valence-corrected chi connectivity index (χ2v) is 30.1. The zero-order valence-corrected chi connectivity index (χ0v) is 76.1. The fraction of sp³-hybridized carbons (Fsp3) is 0.448. The summed E-state index contributed by atoms with van der Waals surface area (Å²) < 4.78 is 15.7. The Morgan fingerprint density at radius 1 is 0.438 bits per heavy atom. The Labute approximate surface area is 677 Å². The lowest BCUT2D eigenvalue weighted by atomic mass is 9.96. The SMILES string of the molecule is CC1=NC(C)=C(C)C1.CC1=NCC(C)=C1C.Cc1cc(C)c(C)c(C)c1C.Cc1cc(C)c(C)c(C)n1.Cc1cc(C)c(C)nc1C.Cc1cc(C)c(C)s1.Cc1cnc(C)c(C)c1C.Cc1nc[nH]c1C.Cc1ncn[nH]1.Cc1ncnc(C)c1C.Cc1nnco1.Cc1nnco1.Cc1nncs1.Cc1ocn[n+]1C. The van der Waals surface area contributed by atoms with E-state index in [2.05, 4.69) is 281 Å². The summed E-state index contributed by atoms with van der Waals surface area (Å²) in [6.07, 6.45) is 11.8. The van der Waals surface area contributed by atoms with E-state index in [1.165, 1.54) is 147 Å². The number of pyridine rings is 3. The lowest BCUT2D eigenvalue weighted by molar-refractivity contribution is -0.737. The van der Waals surface area contributed by atoms with Crippen LogP contribution in [0.4, 0.5) is 0 Å². The Balaban J connectivity index is 0.000000605. The zero-order valence-electron chi connectivity index (χ0n) is 74.4. The molecule has 0 unspecified atom stereocenters. The number of allylic oxidation sites excluding steroid dienone is 3. The molecule has 11 aromatic heterocycles. The lowest BCUT2D eigenvalue weighted by Gasteiger charge is -2.10. The predicted molar refractivity (Wildman–Crippen MR) is 461 cm³/mol. The van der Waals surface area contributed by atoms with Crippen molar-refractivity contribution in [1.82, 2.24) is 85.8 Å². The largest absolute Gasteiger partial charge is 0.428 e. The van der Waals surface area contributed by atoms with Gasteiger partial charge in [-0.05, 0) is 335 Å². The number of aromatic amines is 2. The number of nitrogens with zero attached hydrogens (tertiary/aromatic N) is 18. The number of rotatable bonds is 0. The molecule has 23 nitrogen and oxygen atoms in total. The normalized spacial score (nSPS) is 11.0. The van der Waals surface area contributed by atoms with Crippen molar-refractivity contribution in [1.29, 1.82) is 0 Å². The predicted octanol–water partition coefficient (Wildman–Crippen LogP) is 20.7. The van der Waals surface area contributed by atoms with Crippen LogP contribution in [-0.4, -0.2) is 104 Å². The molecule has 606 valence electrons. The fourth-order valence-corrected chi connectivity index (χ4v) is 10.5. The zero-order chi connectivity index (χ0) is 85.2. The molecule has 0 saturated heterocycles. The van der Waals surface area contributed by atoms with Crippen molar-refractivity contribution in [2.75, 3.05) is 6.54 Å². The van der Waals surface area contributed by atoms with E-state index in [1.807, 2.05) is 108 Å². The molecule has 0 amide bonds. The van der Waals surface area contributed by atoms with E-state index in [4.69, 9.17) is 4.42 Å². The standard InChI is InChI=1S/C11H16.3C9H13N.C7H10N2.2C7H11N.C7H10S.C5H8N2.C4H7N2O.C3H5N3.2C3H4N2O.C3H4N2S/c1-7-6-8(2)10(4)11(5)9(7)3;1-6-5-10-9(4)8(3)7(6)2;1-6-5-7(2)10-9(4)8(6)3;1-6-5-7(2)9(4)10-8(6)3;1-5-6(2)8-4-9-7(5)3;1-5-4-8-7(3)6(5)2;2*1-5-4-6(2)8-7(5)3;1-4-5(2)7-3-6-4;1-4-6(2)5-3-7-4;1-3-4-2-5-6-3;3*1-3-5-4-2-6-3/h6H,1-5H3;3*5H,1-4H3;4H,1-3H3;2*4H2,1-3H3;4H,1-3H3;3H,1-2H3,(H,6,7);3H,1-2H3;2H,1H3,(H,4,5,6);3*2H,1H3/q;;;;;;;;;+1;;;;. The number of benzene rings is 1. The van der Waals surface area contributed by atoms with Crippen molar-refractivity contribution < 1.29 is 17.9 Å². The second kappa shape index (κ2) is 52.0.